The SMILES string of the molecule is O=C(CCSc1ccccc1)N1CCC(N2C(=O)COC2=O)CC1. The van der Waals surface area contributed by atoms with Gasteiger partial charge in [0.05, 0.1) is 0 Å². The third-order valence-electron chi connectivity index (χ3n) is 4.29. The van der Waals surface area contributed by atoms with Crippen LogP contribution in [0.15, 0.2) is 35.2 Å². The summed E-state index contributed by atoms with van der Waals surface area (Å²) in [5.74, 6) is 0.607. The van der Waals surface area contributed by atoms with E-state index in [1.807, 2.05) is 35.2 Å². The summed E-state index contributed by atoms with van der Waals surface area (Å²) in [6.45, 7) is 1.00. The molecule has 6 nitrogen and oxygen atoms in total. The fourth-order valence-corrected chi connectivity index (χ4v) is 3.88. The zero-order chi connectivity index (χ0) is 16.9. The zero-order valence-corrected chi connectivity index (χ0v) is 14.2. The summed E-state index contributed by atoms with van der Waals surface area (Å²) in [5, 5.41) is 0. The average Bonchev–Trinajstić information content (AvgIpc) is 2.94. The van der Waals surface area contributed by atoms with Gasteiger partial charge in [-0.1, -0.05) is 18.2 Å². The van der Waals surface area contributed by atoms with Crippen LogP contribution in [0, 0.1) is 0 Å². The highest BCUT2D eigenvalue weighted by atomic mass is 32.2. The summed E-state index contributed by atoms with van der Waals surface area (Å²) < 4.78 is 4.75. The predicted octanol–water partition coefficient (Wildman–Crippen LogP) is 2.14. The van der Waals surface area contributed by atoms with Crippen LogP contribution >= 0.6 is 11.8 Å². The van der Waals surface area contributed by atoms with Crippen molar-refractivity contribution in [3.8, 4) is 0 Å². The first-order valence-corrected chi connectivity index (χ1v) is 9.08. The Morgan fingerprint density at radius 2 is 1.88 bits per heavy atom. The molecule has 3 amide bonds. The summed E-state index contributed by atoms with van der Waals surface area (Å²) in [5.41, 5.74) is 0. The second-order valence-electron chi connectivity index (χ2n) is 5.84. The van der Waals surface area contributed by atoms with E-state index in [0.29, 0.717) is 32.4 Å². The molecule has 0 bridgehead atoms. The van der Waals surface area contributed by atoms with Crippen molar-refractivity contribution in [2.75, 3.05) is 25.4 Å². The van der Waals surface area contributed by atoms with E-state index in [0.717, 1.165) is 10.6 Å². The van der Waals surface area contributed by atoms with Crippen molar-refractivity contribution in [1.82, 2.24) is 9.80 Å². The summed E-state index contributed by atoms with van der Waals surface area (Å²) in [6, 6.07) is 9.87. The van der Waals surface area contributed by atoms with Crippen LogP contribution in [-0.2, 0) is 14.3 Å². The lowest BCUT2D eigenvalue weighted by molar-refractivity contribution is -0.133. The van der Waals surface area contributed by atoms with Crippen molar-refractivity contribution in [1.29, 1.82) is 0 Å². The molecule has 1 aromatic rings. The number of hydrogen-bond donors (Lipinski definition) is 0. The van der Waals surface area contributed by atoms with Crippen molar-refractivity contribution in [3.05, 3.63) is 30.3 Å². The number of carbonyl (C=O) groups excluding carboxylic acids is 3. The molecular formula is C17H20N2O4S. The molecule has 2 fully saturated rings. The predicted molar refractivity (Wildman–Crippen MR) is 89.6 cm³/mol. The number of likely N-dealkylation sites (tertiary alicyclic amines) is 1. The number of imide groups is 1. The Hall–Kier alpha value is -2.02. The van der Waals surface area contributed by atoms with Gasteiger partial charge >= 0.3 is 6.09 Å². The quantitative estimate of drug-likeness (QED) is 0.763. The van der Waals surface area contributed by atoms with E-state index < -0.39 is 6.09 Å². The van der Waals surface area contributed by atoms with E-state index >= 15 is 0 Å². The number of ether oxygens (including phenoxy) is 1. The van der Waals surface area contributed by atoms with Gasteiger partial charge in [0.15, 0.2) is 6.61 Å². The molecule has 3 rings (SSSR count). The molecule has 0 aromatic heterocycles. The maximum absolute atomic E-state index is 12.3. The van der Waals surface area contributed by atoms with Crippen LogP contribution in [-0.4, -0.2) is 59.2 Å². The molecule has 2 saturated heterocycles. The van der Waals surface area contributed by atoms with Crippen molar-refractivity contribution in [2.45, 2.75) is 30.2 Å². The third-order valence-corrected chi connectivity index (χ3v) is 5.31. The van der Waals surface area contributed by atoms with Gasteiger partial charge in [-0.2, -0.15) is 0 Å². The van der Waals surface area contributed by atoms with Gasteiger partial charge in [-0.3, -0.25) is 9.59 Å². The van der Waals surface area contributed by atoms with Gasteiger partial charge in [0.1, 0.15) is 0 Å². The normalized spacial score (nSPS) is 18.8. The van der Waals surface area contributed by atoms with E-state index in [1.165, 1.54) is 4.90 Å². The van der Waals surface area contributed by atoms with E-state index in [1.54, 1.807) is 11.8 Å². The van der Waals surface area contributed by atoms with E-state index in [-0.39, 0.29) is 24.5 Å². The van der Waals surface area contributed by atoms with Gasteiger partial charge in [0.2, 0.25) is 5.91 Å². The molecule has 2 aliphatic rings. The Labute approximate surface area is 145 Å². The monoisotopic (exact) mass is 348 g/mol. The lowest BCUT2D eigenvalue weighted by Gasteiger charge is -2.34. The second kappa shape index (κ2) is 7.70. The Morgan fingerprint density at radius 1 is 1.17 bits per heavy atom. The number of cyclic esters (lactones) is 1. The topological polar surface area (TPSA) is 66.9 Å². The van der Waals surface area contributed by atoms with Gasteiger partial charge in [-0.15, -0.1) is 11.8 Å². The number of rotatable bonds is 5. The van der Waals surface area contributed by atoms with Gasteiger partial charge in [0.25, 0.3) is 5.91 Å². The summed E-state index contributed by atoms with van der Waals surface area (Å²) in [7, 11) is 0. The Bertz CT molecular complexity index is 598. The average molecular weight is 348 g/mol. The van der Waals surface area contributed by atoms with Crippen molar-refractivity contribution in [3.63, 3.8) is 0 Å². The fraction of sp³-hybridized carbons (Fsp3) is 0.471. The molecule has 0 atom stereocenters. The van der Waals surface area contributed by atoms with Gasteiger partial charge < -0.3 is 9.64 Å². The van der Waals surface area contributed by atoms with Crippen LogP contribution in [0.5, 0.6) is 0 Å². The molecule has 24 heavy (non-hydrogen) atoms. The molecule has 2 aliphatic heterocycles. The maximum atomic E-state index is 12.3. The molecular weight excluding hydrogens is 328 g/mol. The summed E-state index contributed by atoms with van der Waals surface area (Å²) in [6.07, 6.45) is 1.19. The minimum Gasteiger partial charge on any atom is -0.439 e. The first-order valence-electron chi connectivity index (χ1n) is 8.09. The standard InChI is InChI=1S/C17H20N2O4S/c20-15(8-11-24-14-4-2-1-3-5-14)18-9-6-13(7-10-18)19-16(21)12-23-17(19)22/h1-5,13H,6-12H2. The van der Waals surface area contributed by atoms with E-state index in [4.69, 9.17) is 4.74 Å². The number of amides is 3. The molecule has 0 saturated carbocycles. The molecule has 128 valence electrons. The minimum absolute atomic E-state index is 0.132. The highest BCUT2D eigenvalue weighted by molar-refractivity contribution is 7.99. The summed E-state index contributed by atoms with van der Waals surface area (Å²) >= 11 is 1.67. The molecule has 7 heteroatoms. The molecule has 0 N–H and O–H groups in total. The Kier molecular flexibility index (Phi) is 5.40. The lowest BCUT2D eigenvalue weighted by atomic mass is 10.0. The van der Waals surface area contributed by atoms with E-state index in [9.17, 15) is 14.4 Å². The number of piperidine rings is 1. The number of benzene rings is 1. The smallest absolute Gasteiger partial charge is 0.417 e. The first kappa shape index (κ1) is 16.8. The minimum atomic E-state index is -0.552. The lowest BCUT2D eigenvalue weighted by Crippen LogP contribution is -2.48. The second-order valence-corrected chi connectivity index (χ2v) is 7.01. The Morgan fingerprint density at radius 3 is 2.50 bits per heavy atom. The molecule has 0 aliphatic carbocycles. The first-order chi connectivity index (χ1) is 11.6. The molecule has 2 heterocycles. The van der Waals surface area contributed by atoms with Crippen LogP contribution in [0.2, 0.25) is 0 Å². The van der Waals surface area contributed by atoms with Crippen LogP contribution in [0.25, 0.3) is 0 Å². The Balaban J connectivity index is 1.42. The van der Waals surface area contributed by atoms with Crippen LogP contribution in [0.1, 0.15) is 19.3 Å². The molecule has 0 unspecified atom stereocenters. The number of carbonyl (C=O) groups is 3. The number of nitrogens with zero attached hydrogens (tertiary/aromatic N) is 2. The van der Waals surface area contributed by atoms with Crippen LogP contribution < -0.4 is 0 Å². The molecule has 1 aromatic carbocycles. The third kappa shape index (κ3) is 3.90. The van der Waals surface area contributed by atoms with Gasteiger partial charge in [-0.05, 0) is 25.0 Å². The van der Waals surface area contributed by atoms with Gasteiger partial charge in [-0.25, -0.2) is 9.69 Å². The molecule has 0 spiro atoms. The number of thioether (sulfide) groups is 1. The van der Waals surface area contributed by atoms with Crippen LogP contribution in [0.3, 0.4) is 0 Å². The van der Waals surface area contributed by atoms with Crippen molar-refractivity contribution < 1.29 is 19.1 Å². The fourth-order valence-electron chi connectivity index (χ4n) is 3.02. The van der Waals surface area contributed by atoms with Gasteiger partial charge in [0, 0.05) is 36.2 Å². The highest BCUT2D eigenvalue weighted by Gasteiger charge is 2.38. The number of hydrogen-bond acceptors (Lipinski definition) is 5. The molecule has 0 radical (unpaired) electrons. The van der Waals surface area contributed by atoms with E-state index in [2.05, 4.69) is 0 Å². The largest absolute Gasteiger partial charge is 0.439 e. The van der Waals surface area contributed by atoms with Crippen molar-refractivity contribution in [2.24, 2.45) is 0 Å². The zero-order valence-electron chi connectivity index (χ0n) is 13.3. The highest BCUT2D eigenvalue weighted by Crippen LogP contribution is 2.22. The maximum Gasteiger partial charge on any atom is 0.417 e. The summed E-state index contributed by atoms with van der Waals surface area (Å²) in [4.78, 5) is 39.7. The van der Waals surface area contributed by atoms with Crippen LogP contribution in [0.4, 0.5) is 4.79 Å². The van der Waals surface area contributed by atoms with Crippen molar-refractivity contribution >= 4 is 29.7 Å².